The Morgan fingerprint density at radius 2 is 1.61 bits per heavy atom. The molecule has 4 rings (SSSR count). The van der Waals surface area contributed by atoms with Crippen molar-refractivity contribution in [1.82, 2.24) is 9.88 Å². The molecule has 1 amide bonds. The van der Waals surface area contributed by atoms with Crippen LogP contribution in [0.15, 0.2) is 66.9 Å². The van der Waals surface area contributed by atoms with Gasteiger partial charge in [0.05, 0.1) is 0 Å². The number of fused-ring (bicyclic) bond motifs is 3. The Morgan fingerprint density at radius 1 is 1.00 bits per heavy atom. The predicted octanol–water partition coefficient (Wildman–Crippen LogP) is 4.02. The lowest BCUT2D eigenvalue weighted by atomic mass is 9.98. The van der Waals surface area contributed by atoms with Gasteiger partial charge in [-0.05, 0) is 39.9 Å². The summed E-state index contributed by atoms with van der Waals surface area (Å²) in [5.74, 6) is -0.449. The van der Waals surface area contributed by atoms with Crippen LogP contribution in [0.1, 0.15) is 22.6 Å². The summed E-state index contributed by atoms with van der Waals surface area (Å²) in [5, 5.41) is 9.80. The summed E-state index contributed by atoms with van der Waals surface area (Å²) in [7, 11) is 5.19. The van der Waals surface area contributed by atoms with Crippen LogP contribution in [-0.2, 0) is 16.0 Å². The summed E-state index contributed by atoms with van der Waals surface area (Å²) in [5.41, 5.74) is 5.27. The van der Waals surface area contributed by atoms with E-state index in [-0.39, 0.29) is 18.9 Å². The van der Waals surface area contributed by atoms with Crippen LogP contribution in [-0.4, -0.2) is 60.8 Å². The molecule has 1 aromatic heterocycles. The molecule has 1 heterocycles. The Morgan fingerprint density at radius 3 is 2.18 bits per heavy atom. The number of hydrogen-bond acceptors (Lipinski definition) is 5. The molecule has 0 saturated carbocycles. The van der Waals surface area contributed by atoms with Crippen LogP contribution in [0.5, 0.6) is 0 Å². The van der Waals surface area contributed by atoms with Crippen molar-refractivity contribution < 1.29 is 19.4 Å². The first-order valence-corrected chi connectivity index (χ1v) is 10.8. The highest BCUT2D eigenvalue weighted by Crippen LogP contribution is 2.44. The van der Waals surface area contributed by atoms with E-state index >= 15 is 0 Å². The Kier molecular flexibility index (Phi) is 6.31. The lowest BCUT2D eigenvalue weighted by Gasteiger charge is -2.25. The Balaban J connectivity index is 1.47. The van der Waals surface area contributed by atoms with Crippen molar-refractivity contribution >= 4 is 17.9 Å². The van der Waals surface area contributed by atoms with E-state index in [0.29, 0.717) is 0 Å². The summed E-state index contributed by atoms with van der Waals surface area (Å²) < 4.78 is 5.64. The summed E-state index contributed by atoms with van der Waals surface area (Å²) in [6.07, 6.45) is 1.13. The second-order valence-corrected chi connectivity index (χ2v) is 8.39. The van der Waals surface area contributed by atoms with Gasteiger partial charge in [0, 0.05) is 39.7 Å². The Labute approximate surface area is 193 Å². The second kappa shape index (κ2) is 9.32. The highest BCUT2D eigenvalue weighted by Gasteiger charge is 2.32. The molecule has 170 valence electrons. The number of hydrogen-bond donors (Lipinski definition) is 1. The van der Waals surface area contributed by atoms with Gasteiger partial charge in [-0.3, -0.25) is 4.90 Å². The highest BCUT2D eigenvalue weighted by atomic mass is 16.6. The molecule has 1 atom stereocenters. The molecule has 0 aliphatic heterocycles. The van der Waals surface area contributed by atoms with Gasteiger partial charge in [-0.25, -0.2) is 14.6 Å². The molecule has 3 aromatic rings. The van der Waals surface area contributed by atoms with E-state index in [1.807, 2.05) is 61.5 Å². The quantitative estimate of drug-likeness (QED) is 0.591. The molecular formula is C26H27N3O4. The van der Waals surface area contributed by atoms with Crippen molar-refractivity contribution in [2.45, 2.75) is 18.4 Å². The number of carboxylic acid groups (broad SMARTS) is 1. The summed E-state index contributed by atoms with van der Waals surface area (Å²) in [6.45, 7) is 0.142. The molecule has 33 heavy (non-hydrogen) atoms. The zero-order chi connectivity index (χ0) is 23.5. The molecule has 0 saturated heterocycles. The van der Waals surface area contributed by atoms with E-state index in [0.717, 1.165) is 38.5 Å². The fraction of sp³-hybridized carbons (Fsp3) is 0.269. The molecule has 0 bridgehead atoms. The van der Waals surface area contributed by atoms with Crippen LogP contribution >= 0.6 is 0 Å². The SMILES string of the molecule is CN(C)c1cc(CC(C(=O)O)N(C)C(=O)OCC2c3ccccc3-c3ccccc32)ccn1. The zero-order valence-electron chi connectivity index (χ0n) is 18.9. The van der Waals surface area contributed by atoms with Gasteiger partial charge in [0.1, 0.15) is 18.5 Å². The van der Waals surface area contributed by atoms with Crippen LogP contribution in [0.3, 0.4) is 0 Å². The van der Waals surface area contributed by atoms with E-state index in [1.165, 1.54) is 7.05 Å². The minimum Gasteiger partial charge on any atom is -0.480 e. The van der Waals surface area contributed by atoms with Gasteiger partial charge in [0.25, 0.3) is 0 Å². The number of amides is 1. The molecule has 7 heteroatoms. The third-order valence-electron chi connectivity index (χ3n) is 6.07. The number of carbonyl (C=O) groups excluding carboxylic acids is 1. The number of aliphatic carboxylic acids is 1. The third kappa shape index (κ3) is 4.53. The van der Waals surface area contributed by atoms with Crippen molar-refractivity contribution in [2.75, 3.05) is 32.6 Å². The van der Waals surface area contributed by atoms with Gasteiger partial charge in [0.2, 0.25) is 0 Å². The van der Waals surface area contributed by atoms with Crippen LogP contribution < -0.4 is 4.90 Å². The average molecular weight is 446 g/mol. The molecule has 2 aromatic carbocycles. The molecule has 0 fully saturated rings. The highest BCUT2D eigenvalue weighted by molar-refractivity contribution is 5.81. The van der Waals surface area contributed by atoms with E-state index in [1.54, 1.807) is 12.3 Å². The number of anilines is 1. The van der Waals surface area contributed by atoms with Crippen molar-refractivity contribution in [3.8, 4) is 11.1 Å². The first-order chi connectivity index (χ1) is 15.9. The lowest BCUT2D eigenvalue weighted by molar-refractivity contribution is -0.142. The van der Waals surface area contributed by atoms with Crippen LogP contribution in [0.4, 0.5) is 10.6 Å². The normalized spacial score (nSPS) is 13.1. The zero-order valence-corrected chi connectivity index (χ0v) is 18.9. The summed E-state index contributed by atoms with van der Waals surface area (Å²) >= 11 is 0. The second-order valence-electron chi connectivity index (χ2n) is 8.39. The first-order valence-electron chi connectivity index (χ1n) is 10.8. The Bertz CT molecular complexity index is 1130. The molecule has 7 nitrogen and oxygen atoms in total. The number of rotatable bonds is 7. The number of benzene rings is 2. The fourth-order valence-corrected chi connectivity index (χ4v) is 4.27. The Hall–Kier alpha value is -3.87. The molecule has 0 radical (unpaired) electrons. The maximum absolute atomic E-state index is 12.9. The maximum atomic E-state index is 12.9. The molecule has 1 aliphatic rings. The number of ether oxygens (including phenoxy) is 1. The molecule has 1 aliphatic carbocycles. The van der Waals surface area contributed by atoms with Crippen LogP contribution in [0.25, 0.3) is 11.1 Å². The molecule has 1 N–H and O–H groups in total. The number of nitrogens with zero attached hydrogens (tertiary/aromatic N) is 3. The van der Waals surface area contributed by atoms with E-state index < -0.39 is 18.1 Å². The fourth-order valence-electron chi connectivity index (χ4n) is 4.27. The van der Waals surface area contributed by atoms with Gasteiger partial charge in [0.15, 0.2) is 0 Å². The lowest BCUT2D eigenvalue weighted by Crippen LogP contribution is -2.44. The number of carbonyl (C=O) groups is 2. The van der Waals surface area contributed by atoms with Crippen LogP contribution in [0.2, 0.25) is 0 Å². The van der Waals surface area contributed by atoms with Gasteiger partial charge in [-0.1, -0.05) is 48.5 Å². The monoisotopic (exact) mass is 445 g/mol. The standard InChI is InChI=1S/C26H27N3O4/c1-28(2)24-15-17(12-13-27-24)14-23(25(30)31)29(3)26(32)33-16-22-20-10-6-4-8-18(20)19-9-5-7-11-21(19)22/h4-13,15,22-23H,14,16H2,1-3H3,(H,30,31). The van der Waals surface area contributed by atoms with Crippen LogP contribution in [0, 0.1) is 0 Å². The summed E-state index contributed by atoms with van der Waals surface area (Å²) in [4.78, 5) is 32.1. The van der Waals surface area contributed by atoms with Crippen molar-refractivity contribution in [2.24, 2.45) is 0 Å². The molecule has 0 spiro atoms. The average Bonchev–Trinajstić information content (AvgIpc) is 3.14. The number of aromatic nitrogens is 1. The minimum atomic E-state index is -1.09. The van der Waals surface area contributed by atoms with Gasteiger partial charge < -0.3 is 14.7 Å². The van der Waals surface area contributed by atoms with Gasteiger partial charge in [-0.15, -0.1) is 0 Å². The summed E-state index contributed by atoms with van der Waals surface area (Å²) in [6, 6.07) is 18.7. The van der Waals surface area contributed by atoms with Crippen molar-refractivity contribution in [3.05, 3.63) is 83.6 Å². The van der Waals surface area contributed by atoms with E-state index in [4.69, 9.17) is 4.74 Å². The number of likely N-dealkylation sites (N-methyl/N-ethyl adjacent to an activating group) is 1. The number of carboxylic acids is 1. The van der Waals surface area contributed by atoms with E-state index in [9.17, 15) is 14.7 Å². The van der Waals surface area contributed by atoms with Crippen molar-refractivity contribution in [3.63, 3.8) is 0 Å². The number of pyridine rings is 1. The maximum Gasteiger partial charge on any atom is 0.410 e. The molecular weight excluding hydrogens is 418 g/mol. The third-order valence-corrected chi connectivity index (χ3v) is 6.07. The van der Waals surface area contributed by atoms with Crippen molar-refractivity contribution in [1.29, 1.82) is 0 Å². The van der Waals surface area contributed by atoms with Gasteiger partial charge >= 0.3 is 12.1 Å². The minimum absolute atomic E-state index is 0.0825. The predicted molar refractivity (Wildman–Crippen MR) is 127 cm³/mol. The van der Waals surface area contributed by atoms with Gasteiger partial charge in [-0.2, -0.15) is 0 Å². The van der Waals surface area contributed by atoms with E-state index in [2.05, 4.69) is 17.1 Å². The molecule has 1 unspecified atom stereocenters. The largest absolute Gasteiger partial charge is 0.480 e. The smallest absolute Gasteiger partial charge is 0.410 e. The topological polar surface area (TPSA) is 83.0 Å². The first kappa shape index (κ1) is 22.3.